The quantitative estimate of drug-likeness (QED) is 0.892. The fourth-order valence-electron chi connectivity index (χ4n) is 2.95. The standard InChI is InChI=1S/C15H20N2O2/c1-18-11-6-13-15(14(7-11)19-2)12(9-17-13)10-4-3-5-16-8-10/h6-7,9-10,16-17H,3-5,8H2,1-2H3. The molecule has 2 heterocycles. The van der Waals surface area contributed by atoms with E-state index in [1.807, 2.05) is 12.1 Å². The van der Waals surface area contributed by atoms with Gasteiger partial charge in [-0.15, -0.1) is 0 Å². The highest BCUT2D eigenvalue weighted by Gasteiger charge is 2.21. The minimum Gasteiger partial charge on any atom is -0.497 e. The summed E-state index contributed by atoms with van der Waals surface area (Å²) in [6.45, 7) is 2.17. The lowest BCUT2D eigenvalue weighted by atomic mass is 9.91. The van der Waals surface area contributed by atoms with Gasteiger partial charge < -0.3 is 19.8 Å². The normalized spacial score (nSPS) is 19.6. The van der Waals surface area contributed by atoms with Crippen molar-refractivity contribution in [3.8, 4) is 11.5 Å². The van der Waals surface area contributed by atoms with E-state index in [1.165, 1.54) is 23.8 Å². The summed E-state index contributed by atoms with van der Waals surface area (Å²) in [6, 6.07) is 3.98. The Labute approximate surface area is 113 Å². The van der Waals surface area contributed by atoms with Crippen LogP contribution in [0.15, 0.2) is 18.3 Å². The second kappa shape index (κ2) is 5.13. The number of hydrogen-bond donors (Lipinski definition) is 2. The summed E-state index contributed by atoms with van der Waals surface area (Å²) < 4.78 is 10.8. The van der Waals surface area contributed by atoms with Gasteiger partial charge in [0.05, 0.1) is 19.7 Å². The summed E-state index contributed by atoms with van der Waals surface area (Å²) in [5, 5.41) is 4.66. The van der Waals surface area contributed by atoms with Crippen LogP contribution in [0.25, 0.3) is 10.9 Å². The largest absolute Gasteiger partial charge is 0.497 e. The first-order chi connectivity index (χ1) is 9.33. The summed E-state index contributed by atoms with van der Waals surface area (Å²) in [7, 11) is 3.39. The van der Waals surface area contributed by atoms with E-state index in [2.05, 4.69) is 16.5 Å². The van der Waals surface area contributed by atoms with Crippen LogP contribution >= 0.6 is 0 Å². The SMILES string of the molecule is COc1cc(OC)c2c(C3CCCNC3)c[nH]c2c1. The first-order valence-electron chi connectivity index (χ1n) is 6.77. The molecule has 4 nitrogen and oxygen atoms in total. The van der Waals surface area contributed by atoms with Gasteiger partial charge >= 0.3 is 0 Å². The number of piperidine rings is 1. The van der Waals surface area contributed by atoms with Crippen LogP contribution in [0.3, 0.4) is 0 Å². The Morgan fingerprint density at radius 1 is 1.21 bits per heavy atom. The zero-order valence-corrected chi connectivity index (χ0v) is 11.5. The molecule has 0 saturated carbocycles. The lowest BCUT2D eigenvalue weighted by molar-refractivity contribution is 0.397. The van der Waals surface area contributed by atoms with Crippen LogP contribution < -0.4 is 14.8 Å². The van der Waals surface area contributed by atoms with Gasteiger partial charge in [0.15, 0.2) is 0 Å². The number of H-pyrrole nitrogens is 1. The fraction of sp³-hybridized carbons (Fsp3) is 0.467. The van der Waals surface area contributed by atoms with E-state index in [9.17, 15) is 0 Å². The van der Waals surface area contributed by atoms with Crippen LogP contribution in [0.1, 0.15) is 24.3 Å². The lowest BCUT2D eigenvalue weighted by Gasteiger charge is -2.22. The van der Waals surface area contributed by atoms with E-state index < -0.39 is 0 Å². The van der Waals surface area contributed by atoms with Gasteiger partial charge in [-0.1, -0.05) is 0 Å². The van der Waals surface area contributed by atoms with Crippen molar-refractivity contribution in [2.45, 2.75) is 18.8 Å². The van der Waals surface area contributed by atoms with Gasteiger partial charge in [-0.05, 0) is 30.9 Å². The zero-order chi connectivity index (χ0) is 13.2. The molecule has 3 rings (SSSR count). The molecule has 1 aromatic carbocycles. The number of ether oxygens (including phenoxy) is 2. The molecule has 1 fully saturated rings. The molecule has 1 aliphatic heterocycles. The molecule has 1 saturated heterocycles. The Morgan fingerprint density at radius 3 is 2.79 bits per heavy atom. The molecule has 102 valence electrons. The fourth-order valence-corrected chi connectivity index (χ4v) is 2.95. The van der Waals surface area contributed by atoms with E-state index in [-0.39, 0.29) is 0 Å². The molecule has 0 radical (unpaired) electrons. The van der Waals surface area contributed by atoms with E-state index >= 15 is 0 Å². The number of nitrogens with one attached hydrogen (secondary N) is 2. The monoisotopic (exact) mass is 260 g/mol. The number of benzene rings is 1. The van der Waals surface area contributed by atoms with Gasteiger partial charge in [0, 0.05) is 30.3 Å². The number of aromatic amines is 1. The Morgan fingerprint density at radius 2 is 2.11 bits per heavy atom. The Hall–Kier alpha value is -1.68. The van der Waals surface area contributed by atoms with Crippen LogP contribution in [0.4, 0.5) is 0 Å². The Balaban J connectivity index is 2.10. The topological polar surface area (TPSA) is 46.3 Å². The molecule has 19 heavy (non-hydrogen) atoms. The molecular weight excluding hydrogens is 240 g/mol. The first-order valence-corrected chi connectivity index (χ1v) is 6.77. The second-order valence-corrected chi connectivity index (χ2v) is 5.04. The summed E-state index contributed by atoms with van der Waals surface area (Å²) in [4.78, 5) is 3.35. The molecule has 0 amide bonds. The molecule has 0 aliphatic carbocycles. The van der Waals surface area contributed by atoms with Crippen LogP contribution in [-0.2, 0) is 0 Å². The van der Waals surface area contributed by atoms with Crippen molar-refractivity contribution in [3.05, 3.63) is 23.9 Å². The maximum Gasteiger partial charge on any atom is 0.132 e. The van der Waals surface area contributed by atoms with Crippen LogP contribution in [0.2, 0.25) is 0 Å². The average Bonchev–Trinajstić information content (AvgIpc) is 2.91. The average molecular weight is 260 g/mol. The van der Waals surface area contributed by atoms with Crippen LogP contribution in [-0.4, -0.2) is 32.3 Å². The van der Waals surface area contributed by atoms with E-state index in [0.717, 1.165) is 30.1 Å². The van der Waals surface area contributed by atoms with Crippen molar-refractivity contribution in [1.29, 1.82) is 0 Å². The van der Waals surface area contributed by atoms with Gasteiger partial charge in [0.2, 0.25) is 0 Å². The molecule has 4 heteroatoms. The number of rotatable bonds is 3. The van der Waals surface area contributed by atoms with Gasteiger partial charge in [-0.25, -0.2) is 0 Å². The Bertz CT molecular complexity index is 571. The minimum absolute atomic E-state index is 0.560. The van der Waals surface area contributed by atoms with E-state index in [4.69, 9.17) is 9.47 Å². The number of aromatic nitrogens is 1. The molecule has 2 N–H and O–H groups in total. The van der Waals surface area contributed by atoms with Gasteiger partial charge in [-0.2, -0.15) is 0 Å². The van der Waals surface area contributed by atoms with Gasteiger partial charge in [-0.3, -0.25) is 0 Å². The highest BCUT2D eigenvalue weighted by molar-refractivity contribution is 5.91. The van der Waals surface area contributed by atoms with Gasteiger partial charge in [0.25, 0.3) is 0 Å². The highest BCUT2D eigenvalue weighted by atomic mass is 16.5. The molecule has 0 bridgehead atoms. The molecule has 1 unspecified atom stereocenters. The predicted molar refractivity (Wildman–Crippen MR) is 76.2 cm³/mol. The highest BCUT2D eigenvalue weighted by Crippen LogP contribution is 2.38. The Kier molecular flexibility index (Phi) is 3.34. The third kappa shape index (κ3) is 2.16. The number of methoxy groups -OCH3 is 2. The number of fused-ring (bicyclic) bond motifs is 1. The third-order valence-corrected chi connectivity index (χ3v) is 3.94. The number of hydrogen-bond acceptors (Lipinski definition) is 3. The molecule has 0 spiro atoms. The van der Waals surface area contributed by atoms with Crippen molar-refractivity contribution >= 4 is 10.9 Å². The first kappa shape index (κ1) is 12.4. The van der Waals surface area contributed by atoms with Crippen molar-refractivity contribution in [2.75, 3.05) is 27.3 Å². The van der Waals surface area contributed by atoms with Gasteiger partial charge in [0.1, 0.15) is 11.5 Å². The maximum atomic E-state index is 5.54. The predicted octanol–water partition coefficient (Wildman–Crippen LogP) is 2.65. The molecule has 1 aliphatic rings. The smallest absolute Gasteiger partial charge is 0.132 e. The van der Waals surface area contributed by atoms with Crippen molar-refractivity contribution in [2.24, 2.45) is 0 Å². The van der Waals surface area contributed by atoms with Crippen molar-refractivity contribution in [1.82, 2.24) is 10.3 Å². The zero-order valence-electron chi connectivity index (χ0n) is 11.5. The molecule has 1 atom stereocenters. The minimum atomic E-state index is 0.560. The third-order valence-electron chi connectivity index (χ3n) is 3.94. The van der Waals surface area contributed by atoms with Crippen LogP contribution in [0, 0.1) is 0 Å². The maximum absolute atomic E-state index is 5.54. The van der Waals surface area contributed by atoms with Crippen LogP contribution in [0.5, 0.6) is 11.5 Å². The van der Waals surface area contributed by atoms with E-state index in [1.54, 1.807) is 14.2 Å². The second-order valence-electron chi connectivity index (χ2n) is 5.04. The molecule has 2 aromatic rings. The molecular formula is C15H20N2O2. The van der Waals surface area contributed by atoms with E-state index in [0.29, 0.717) is 5.92 Å². The summed E-state index contributed by atoms with van der Waals surface area (Å²) in [6.07, 6.45) is 4.58. The van der Waals surface area contributed by atoms with Crippen molar-refractivity contribution < 1.29 is 9.47 Å². The summed E-state index contributed by atoms with van der Waals surface area (Å²) >= 11 is 0. The summed E-state index contributed by atoms with van der Waals surface area (Å²) in [5.74, 6) is 2.26. The lowest BCUT2D eigenvalue weighted by Crippen LogP contribution is -2.28. The summed E-state index contributed by atoms with van der Waals surface area (Å²) in [5.41, 5.74) is 2.43. The van der Waals surface area contributed by atoms with Crippen molar-refractivity contribution in [3.63, 3.8) is 0 Å². The molecule has 1 aromatic heterocycles.